The third-order valence-corrected chi connectivity index (χ3v) is 3.08. The summed E-state index contributed by atoms with van der Waals surface area (Å²) in [6.07, 6.45) is 2.62. The first kappa shape index (κ1) is 15.8. The summed E-state index contributed by atoms with van der Waals surface area (Å²) in [5.41, 5.74) is 1.32. The zero-order chi connectivity index (χ0) is 14.1. The van der Waals surface area contributed by atoms with Gasteiger partial charge in [0.2, 0.25) is 5.91 Å². The smallest absolute Gasteiger partial charge is 0.223 e. The molecule has 0 N–H and O–H groups in total. The molecule has 1 aromatic carbocycles. The molecular weight excluding hydrogens is 262 g/mol. The predicted molar refractivity (Wildman–Crippen MR) is 78.9 cm³/mol. The number of carbonyl (C=O) groups excluding carboxylic acids is 1. The van der Waals surface area contributed by atoms with E-state index < -0.39 is 0 Å². The highest BCUT2D eigenvalue weighted by molar-refractivity contribution is 6.18. The largest absolute Gasteiger partial charge is 0.492 e. The Morgan fingerprint density at radius 1 is 1.32 bits per heavy atom. The maximum Gasteiger partial charge on any atom is 0.223 e. The average molecular weight is 284 g/mol. The molecule has 0 aliphatic carbocycles. The maximum absolute atomic E-state index is 11.5. The molecule has 1 amide bonds. The van der Waals surface area contributed by atoms with Crippen LogP contribution in [0, 0.1) is 0 Å². The second-order valence-corrected chi connectivity index (χ2v) is 4.87. The summed E-state index contributed by atoms with van der Waals surface area (Å²) in [6.45, 7) is 3.24. The zero-order valence-corrected chi connectivity index (χ0v) is 12.4. The Balaban J connectivity index is 2.30. The van der Waals surface area contributed by atoms with Gasteiger partial charge in [-0.15, -0.1) is 11.6 Å². The number of amides is 1. The molecule has 0 spiro atoms. The van der Waals surface area contributed by atoms with Gasteiger partial charge in [0.25, 0.3) is 0 Å². The summed E-state index contributed by atoms with van der Waals surface area (Å²) in [4.78, 5) is 13.1. The van der Waals surface area contributed by atoms with E-state index in [0.717, 1.165) is 18.6 Å². The number of likely N-dealkylation sites (N-methyl/N-ethyl adjacent to an activating group) is 1. The van der Waals surface area contributed by atoms with Gasteiger partial charge in [-0.25, -0.2) is 0 Å². The molecule has 0 atom stereocenters. The predicted octanol–water partition coefficient (Wildman–Crippen LogP) is 3.11. The van der Waals surface area contributed by atoms with E-state index in [9.17, 15) is 4.79 Å². The summed E-state index contributed by atoms with van der Waals surface area (Å²) in [5, 5.41) is 0. The van der Waals surface area contributed by atoms with Crippen LogP contribution in [-0.4, -0.2) is 36.9 Å². The minimum atomic E-state index is 0.0527. The number of nitrogens with zero attached hydrogens (tertiary/aromatic N) is 1. The lowest BCUT2D eigenvalue weighted by Crippen LogP contribution is -2.30. The SMILES string of the molecule is CCCc1ccc(OCCN(C)C(=O)CCCl)cc1. The third-order valence-electron chi connectivity index (χ3n) is 2.89. The molecular formula is C15H22ClNO2. The van der Waals surface area contributed by atoms with E-state index in [0.29, 0.717) is 25.5 Å². The summed E-state index contributed by atoms with van der Waals surface area (Å²) >= 11 is 5.53. The maximum atomic E-state index is 11.5. The highest BCUT2D eigenvalue weighted by atomic mass is 35.5. The Morgan fingerprint density at radius 2 is 2.00 bits per heavy atom. The first-order valence-corrected chi connectivity index (χ1v) is 7.22. The molecule has 0 bridgehead atoms. The van der Waals surface area contributed by atoms with Crippen LogP contribution in [0.1, 0.15) is 25.3 Å². The van der Waals surface area contributed by atoms with Crippen LogP contribution in [0.4, 0.5) is 0 Å². The summed E-state index contributed by atoms with van der Waals surface area (Å²) in [6, 6.07) is 8.12. The third kappa shape index (κ3) is 5.97. The number of benzene rings is 1. The van der Waals surface area contributed by atoms with Gasteiger partial charge in [0, 0.05) is 19.3 Å². The molecule has 0 radical (unpaired) electrons. The van der Waals surface area contributed by atoms with Gasteiger partial charge in [-0.3, -0.25) is 4.79 Å². The summed E-state index contributed by atoms with van der Waals surface area (Å²) in [5.74, 6) is 1.26. The van der Waals surface area contributed by atoms with Crippen LogP contribution in [-0.2, 0) is 11.2 Å². The number of hydrogen-bond acceptors (Lipinski definition) is 2. The molecule has 0 fully saturated rings. The van der Waals surface area contributed by atoms with Crippen LogP contribution in [0.2, 0.25) is 0 Å². The molecule has 0 unspecified atom stereocenters. The number of hydrogen-bond donors (Lipinski definition) is 0. The Bertz CT molecular complexity index is 378. The number of aryl methyl sites for hydroxylation is 1. The highest BCUT2D eigenvalue weighted by Crippen LogP contribution is 2.13. The Hall–Kier alpha value is -1.22. The van der Waals surface area contributed by atoms with Crippen LogP contribution < -0.4 is 4.74 Å². The molecule has 0 aliphatic rings. The van der Waals surface area contributed by atoms with Crippen LogP contribution >= 0.6 is 11.6 Å². The van der Waals surface area contributed by atoms with E-state index in [-0.39, 0.29) is 5.91 Å². The lowest BCUT2D eigenvalue weighted by molar-refractivity contribution is -0.129. The molecule has 106 valence electrons. The molecule has 0 saturated heterocycles. The van der Waals surface area contributed by atoms with E-state index in [1.165, 1.54) is 5.56 Å². The van der Waals surface area contributed by atoms with Crippen molar-refractivity contribution >= 4 is 17.5 Å². The fraction of sp³-hybridized carbons (Fsp3) is 0.533. The average Bonchev–Trinajstić information content (AvgIpc) is 2.41. The van der Waals surface area contributed by atoms with Crippen molar-refractivity contribution in [2.75, 3.05) is 26.1 Å². The van der Waals surface area contributed by atoms with Gasteiger partial charge in [0.1, 0.15) is 12.4 Å². The topological polar surface area (TPSA) is 29.5 Å². The van der Waals surface area contributed by atoms with E-state index in [4.69, 9.17) is 16.3 Å². The van der Waals surface area contributed by atoms with Crippen molar-refractivity contribution < 1.29 is 9.53 Å². The Kier molecular flexibility index (Phi) is 7.34. The molecule has 0 saturated carbocycles. The normalized spacial score (nSPS) is 10.3. The summed E-state index contributed by atoms with van der Waals surface area (Å²) in [7, 11) is 1.77. The number of ether oxygens (including phenoxy) is 1. The standard InChI is InChI=1S/C15H22ClNO2/c1-3-4-13-5-7-14(8-6-13)19-12-11-17(2)15(18)9-10-16/h5-8H,3-4,9-12H2,1-2H3. The molecule has 0 heterocycles. The van der Waals surface area contributed by atoms with Crippen molar-refractivity contribution in [3.63, 3.8) is 0 Å². The number of carbonyl (C=O) groups is 1. The van der Waals surface area contributed by atoms with Crippen molar-refractivity contribution in [1.29, 1.82) is 0 Å². The van der Waals surface area contributed by atoms with Crippen molar-refractivity contribution in [3.8, 4) is 5.75 Å². The van der Waals surface area contributed by atoms with Gasteiger partial charge in [0.05, 0.1) is 6.54 Å². The van der Waals surface area contributed by atoms with Crippen LogP contribution in [0.15, 0.2) is 24.3 Å². The van der Waals surface area contributed by atoms with E-state index in [1.54, 1.807) is 11.9 Å². The lowest BCUT2D eigenvalue weighted by Gasteiger charge is -2.17. The minimum absolute atomic E-state index is 0.0527. The first-order valence-electron chi connectivity index (χ1n) is 6.69. The quantitative estimate of drug-likeness (QED) is 0.686. The number of halogens is 1. The number of rotatable bonds is 8. The van der Waals surface area contributed by atoms with Crippen LogP contribution in [0.3, 0.4) is 0 Å². The van der Waals surface area contributed by atoms with Gasteiger partial charge in [-0.2, -0.15) is 0 Å². The van der Waals surface area contributed by atoms with Crippen molar-refractivity contribution in [2.24, 2.45) is 0 Å². The zero-order valence-electron chi connectivity index (χ0n) is 11.7. The second-order valence-electron chi connectivity index (χ2n) is 4.50. The summed E-state index contributed by atoms with van der Waals surface area (Å²) < 4.78 is 5.61. The monoisotopic (exact) mass is 283 g/mol. The van der Waals surface area contributed by atoms with E-state index in [1.807, 2.05) is 12.1 Å². The Morgan fingerprint density at radius 3 is 2.58 bits per heavy atom. The van der Waals surface area contributed by atoms with Crippen LogP contribution in [0.25, 0.3) is 0 Å². The number of alkyl halides is 1. The van der Waals surface area contributed by atoms with Crippen molar-refractivity contribution in [2.45, 2.75) is 26.2 Å². The molecule has 1 rings (SSSR count). The molecule has 4 heteroatoms. The second kappa shape index (κ2) is 8.81. The lowest BCUT2D eigenvalue weighted by atomic mass is 10.1. The molecule has 0 aliphatic heterocycles. The van der Waals surface area contributed by atoms with E-state index in [2.05, 4.69) is 19.1 Å². The highest BCUT2D eigenvalue weighted by Gasteiger charge is 2.07. The van der Waals surface area contributed by atoms with E-state index >= 15 is 0 Å². The Labute approximate surface area is 120 Å². The van der Waals surface area contributed by atoms with Gasteiger partial charge in [-0.1, -0.05) is 25.5 Å². The van der Waals surface area contributed by atoms with Gasteiger partial charge < -0.3 is 9.64 Å². The van der Waals surface area contributed by atoms with Crippen LogP contribution in [0.5, 0.6) is 5.75 Å². The van der Waals surface area contributed by atoms with Gasteiger partial charge in [0.15, 0.2) is 0 Å². The van der Waals surface area contributed by atoms with Gasteiger partial charge in [-0.05, 0) is 24.1 Å². The molecule has 19 heavy (non-hydrogen) atoms. The van der Waals surface area contributed by atoms with Gasteiger partial charge >= 0.3 is 0 Å². The first-order chi connectivity index (χ1) is 9.17. The molecule has 0 aromatic heterocycles. The molecule has 3 nitrogen and oxygen atoms in total. The fourth-order valence-corrected chi connectivity index (χ4v) is 1.90. The van der Waals surface area contributed by atoms with Crippen molar-refractivity contribution in [1.82, 2.24) is 4.90 Å². The van der Waals surface area contributed by atoms with Crippen molar-refractivity contribution in [3.05, 3.63) is 29.8 Å². The molecule has 1 aromatic rings. The fourth-order valence-electron chi connectivity index (χ4n) is 1.74. The minimum Gasteiger partial charge on any atom is -0.492 e.